The van der Waals surface area contributed by atoms with Gasteiger partial charge < -0.3 is 9.64 Å². The lowest BCUT2D eigenvalue weighted by atomic mass is 10.1. The summed E-state index contributed by atoms with van der Waals surface area (Å²) in [5.74, 6) is 0. The maximum absolute atomic E-state index is 12.1. The summed E-state index contributed by atoms with van der Waals surface area (Å²) >= 11 is 5.17. The van der Waals surface area contributed by atoms with Gasteiger partial charge in [0.1, 0.15) is 11.7 Å². The van der Waals surface area contributed by atoms with Gasteiger partial charge in [-0.05, 0) is 48.4 Å². The summed E-state index contributed by atoms with van der Waals surface area (Å²) in [5.41, 5.74) is 4.46. The van der Waals surface area contributed by atoms with E-state index in [1.807, 2.05) is 19.2 Å². The maximum atomic E-state index is 12.1. The molecule has 142 valence electrons. The number of ether oxygens (including phenoxy) is 1. The maximum Gasteiger partial charge on any atom is 0.117 e. The first-order valence-electron chi connectivity index (χ1n) is 8.76. The minimum absolute atomic E-state index is 0.161. The molecule has 0 saturated heterocycles. The molecule has 0 atom stereocenters. The summed E-state index contributed by atoms with van der Waals surface area (Å²) in [4.78, 5) is 6.88. The predicted molar refractivity (Wildman–Crippen MR) is 117 cm³/mol. The van der Waals surface area contributed by atoms with Crippen molar-refractivity contribution in [3.8, 4) is 0 Å². The SMILES string of the molecule is Cc1cc2nc(/C=C/c3cccc(Br)c3)sc2cc1N(C)CCOCCF. The van der Waals surface area contributed by atoms with Crippen molar-refractivity contribution >= 4 is 55.3 Å². The Morgan fingerprint density at radius 1 is 1.22 bits per heavy atom. The molecule has 1 aromatic heterocycles. The van der Waals surface area contributed by atoms with Crippen LogP contribution in [0.4, 0.5) is 10.1 Å². The van der Waals surface area contributed by atoms with E-state index >= 15 is 0 Å². The van der Waals surface area contributed by atoms with E-state index in [9.17, 15) is 4.39 Å². The van der Waals surface area contributed by atoms with Crippen LogP contribution in [0.15, 0.2) is 40.9 Å². The van der Waals surface area contributed by atoms with Crippen molar-refractivity contribution in [1.29, 1.82) is 0 Å². The van der Waals surface area contributed by atoms with Crippen LogP contribution < -0.4 is 4.90 Å². The van der Waals surface area contributed by atoms with Gasteiger partial charge in [-0.1, -0.05) is 34.1 Å². The number of rotatable bonds is 8. The van der Waals surface area contributed by atoms with Gasteiger partial charge >= 0.3 is 0 Å². The first-order valence-corrected chi connectivity index (χ1v) is 10.4. The molecule has 0 amide bonds. The van der Waals surface area contributed by atoms with Crippen LogP contribution in [0.5, 0.6) is 0 Å². The number of nitrogens with zero attached hydrogens (tertiary/aromatic N) is 2. The van der Waals surface area contributed by atoms with Crippen LogP contribution >= 0.6 is 27.3 Å². The summed E-state index contributed by atoms with van der Waals surface area (Å²) in [6.45, 7) is 3.05. The molecule has 0 aliphatic heterocycles. The molecule has 0 aliphatic rings. The average Bonchev–Trinajstić information content (AvgIpc) is 3.04. The molecule has 0 bridgehead atoms. The molecular weight excluding hydrogens is 427 g/mol. The summed E-state index contributed by atoms with van der Waals surface area (Å²) in [6, 6.07) is 12.5. The molecule has 0 spiro atoms. The Morgan fingerprint density at radius 3 is 2.85 bits per heavy atom. The van der Waals surface area contributed by atoms with E-state index < -0.39 is 6.67 Å². The number of halogens is 2. The zero-order chi connectivity index (χ0) is 19.2. The summed E-state index contributed by atoms with van der Waals surface area (Å²) < 4.78 is 19.6. The summed E-state index contributed by atoms with van der Waals surface area (Å²) in [6.07, 6.45) is 4.13. The van der Waals surface area contributed by atoms with Gasteiger partial charge in [-0.25, -0.2) is 9.37 Å². The zero-order valence-electron chi connectivity index (χ0n) is 15.4. The second-order valence-corrected chi connectivity index (χ2v) is 8.25. The third-order valence-electron chi connectivity index (χ3n) is 4.19. The molecule has 3 rings (SSSR count). The highest BCUT2D eigenvalue weighted by Crippen LogP contribution is 2.30. The van der Waals surface area contributed by atoms with E-state index in [2.05, 4.69) is 64.2 Å². The van der Waals surface area contributed by atoms with E-state index in [1.165, 1.54) is 5.56 Å². The van der Waals surface area contributed by atoms with Crippen molar-refractivity contribution in [3.05, 3.63) is 57.0 Å². The summed E-state index contributed by atoms with van der Waals surface area (Å²) in [7, 11) is 2.03. The quantitative estimate of drug-likeness (QED) is 0.397. The second-order valence-electron chi connectivity index (χ2n) is 6.27. The van der Waals surface area contributed by atoms with E-state index in [1.54, 1.807) is 11.3 Å². The number of thiazole rings is 1. The van der Waals surface area contributed by atoms with Gasteiger partial charge in [-0.2, -0.15) is 0 Å². The first kappa shape index (κ1) is 20.0. The van der Waals surface area contributed by atoms with Crippen molar-refractivity contribution < 1.29 is 9.13 Å². The van der Waals surface area contributed by atoms with Gasteiger partial charge in [0.2, 0.25) is 0 Å². The van der Waals surface area contributed by atoms with E-state index in [-0.39, 0.29) is 6.61 Å². The fourth-order valence-corrected chi connectivity index (χ4v) is 4.13. The molecule has 0 radical (unpaired) electrons. The lowest BCUT2D eigenvalue weighted by Crippen LogP contribution is -2.23. The average molecular weight is 449 g/mol. The lowest BCUT2D eigenvalue weighted by Gasteiger charge is -2.21. The van der Waals surface area contributed by atoms with Gasteiger partial charge in [0.05, 0.1) is 23.4 Å². The number of hydrogen-bond donors (Lipinski definition) is 0. The number of hydrogen-bond acceptors (Lipinski definition) is 4. The van der Waals surface area contributed by atoms with Crippen LogP contribution in [0.25, 0.3) is 22.4 Å². The van der Waals surface area contributed by atoms with Crippen molar-refractivity contribution in [2.75, 3.05) is 38.4 Å². The Hall–Kier alpha value is -1.76. The highest BCUT2D eigenvalue weighted by atomic mass is 79.9. The number of benzene rings is 2. The Bertz CT molecular complexity index is 941. The zero-order valence-corrected chi connectivity index (χ0v) is 17.8. The van der Waals surface area contributed by atoms with Crippen LogP contribution in [0.1, 0.15) is 16.1 Å². The molecule has 27 heavy (non-hydrogen) atoms. The van der Waals surface area contributed by atoms with Gasteiger partial charge in [-0.15, -0.1) is 11.3 Å². The van der Waals surface area contributed by atoms with Crippen LogP contribution in [-0.4, -0.2) is 38.5 Å². The number of fused-ring (bicyclic) bond motifs is 1. The minimum Gasteiger partial charge on any atom is -0.377 e. The Balaban J connectivity index is 1.77. The monoisotopic (exact) mass is 448 g/mol. The molecule has 0 fully saturated rings. The van der Waals surface area contributed by atoms with Gasteiger partial charge in [0.15, 0.2) is 0 Å². The van der Waals surface area contributed by atoms with Gasteiger partial charge in [0.25, 0.3) is 0 Å². The molecule has 0 saturated carbocycles. The molecule has 0 unspecified atom stereocenters. The van der Waals surface area contributed by atoms with Crippen molar-refractivity contribution in [2.24, 2.45) is 0 Å². The second kappa shape index (κ2) is 9.44. The van der Waals surface area contributed by atoms with Gasteiger partial charge in [-0.3, -0.25) is 0 Å². The number of aryl methyl sites for hydroxylation is 1. The van der Waals surface area contributed by atoms with Crippen LogP contribution in [-0.2, 0) is 4.74 Å². The largest absolute Gasteiger partial charge is 0.377 e. The van der Waals surface area contributed by atoms with Crippen molar-refractivity contribution in [2.45, 2.75) is 6.92 Å². The number of alkyl halides is 1. The molecule has 3 nitrogen and oxygen atoms in total. The molecule has 2 aromatic carbocycles. The molecule has 6 heteroatoms. The Labute approximate surface area is 171 Å². The van der Waals surface area contributed by atoms with Crippen molar-refractivity contribution in [3.63, 3.8) is 0 Å². The van der Waals surface area contributed by atoms with E-state index in [0.717, 1.165) is 37.5 Å². The third-order valence-corrected chi connectivity index (χ3v) is 5.67. The van der Waals surface area contributed by atoms with Crippen LogP contribution in [0.3, 0.4) is 0 Å². The highest BCUT2D eigenvalue weighted by Gasteiger charge is 2.10. The molecule has 3 aromatic rings. The predicted octanol–water partition coefficient (Wildman–Crippen LogP) is 5.96. The normalized spacial score (nSPS) is 11.6. The number of aromatic nitrogens is 1. The summed E-state index contributed by atoms with van der Waals surface area (Å²) in [5, 5.41) is 0.982. The fourth-order valence-electron chi connectivity index (χ4n) is 2.82. The van der Waals surface area contributed by atoms with Crippen molar-refractivity contribution in [1.82, 2.24) is 4.98 Å². The minimum atomic E-state index is -0.439. The van der Waals surface area contributed by atoms with E-state index in [0.29, 0.717) is 6.61 Å². The Kier molecular flexibility index (Phi) is 6.99. The highest BCUT2D eigenvalue weighted by molar-refractivity contribution is 9.10. The third kappa shape index (κ3) is 5.37. The molecule has 0 aliphatic carbocycles. The lowest BCUT2D eigenvalue weighted by molar-refractivity contribution is 0.125. The smallest absolute Gasteiger partial charge is 0.117 e. The van der Waals surface area contributed by atoms with E-state index in [4.69, 9.17) is 9.72 Å². The standard InChI is InChI=1S/C21H22BrFN2OS/c1-15-12-18-20(14-19(15)25(2)9-11-26-10-8-23)27-21(24-18)7-6-16-4-3-5-17(22)13-16/h3-7,12-14H,8-11H2,1-2H3/b7-6+. The molecular formula is C21H22BrFN2OS. The topological polar surface area (TPSA) is 25.4 Å². The fraction of sp³-hybridized carbons (Fsp3) is 0.286. The van der Waals surface area contributed by atoms with Crippen LogP contribution in [0, 0.1) is 6.92 Å². The van der Waals surface area contributed by atoms with Gasteiger partial charge in [0, 0.05) is 23.8 Å². The first-order chi connectivity index (χ1) is 13.1. The molecule has 1 heterocycles. The number of likely N-dealkylation sites (N-methyl/N-ethyl adjacent to an activating group) is 1. The Morgan fingerprint density at radius 2 is 2.07 bits per heavy atom. The van der Waals surface area contributed by atoms with Crippen LogP contribution in [0.2, 0.25) is 0 Å². The molecule has 0 N–H and O–H groups in total. The number of anilines is 1.